The van der Waals surface area contributed by atoms with Gasteiger partial charge in [-0.15, -0.1) is 0 Å². The van der Waals surface area contributed by atoms with E-state index in [2.05, 4.69) is 0 Å². The van der Waals surface area contributed by atoms with E-state index in [0.29, 0.717) is 0 Å². The Morgan fingerprint density at radius 3 is 1.18 bits per heavy atom. The van der Waals surface area contributed by atoms with Crippen LogP contribution in [-0.2, 0) is 0 Å². The number of hydrogen-bond donors (Lipinski definition) is 0. The van der Waals surface area contributed by atoms with Gasteiger partial charge in [-0.3, -0.25) is 0 Å². The highest BCUT2D eigenvalue weighted by molar-refractivity contribution is 7.66. The maximum absolute atomic E-state index is 11.6. The van der Waals surface area contributed by atoms with Crippen LogP contribution in [0.15, 0.2) is 0 Å². The number of rotatable bonds is 1. The molecule has 0 N–H and O–H groups in total. The molecule has 0 aliphatic heterocycles. The van der Waals surface area contributed by atoms with Crippen LogP contribution in [0.1, 0.15) is 0 Å². The standard InChI is InChI=1S/C3H3F7P/c1-11(9,10)3(7,8)2(4,5)6/h1H3/q+1. The van der Waals surface area contributed by atoms with Gasteiger partial charge in [-0.1, -0.05) is 0 Å². The average molecular weight is 203 g/mol. The topological polar surface area (TPSA) is 0 Å². The Morgan fingerprint density at radius 2 is 1.18 bits per heavy atom. The Morgan fingerprint density at radius 1 is 0.909 bits per heavy atom. The van der Waals surface area contributed by atoms with Gasteiger partial charge in [0, 0.05) is 0 Å². The molecule has 0 saturated carbocycles. The summed E-state index contributed by atoms with van der Waals surface area (Å²) in [6, 6.07) is 0. The maximum Gasteiger partial charge on any atom is 0.515 e. The summed E-state index contributed by atoms with van der Waals surface area (Å²) in [5.41, 5.74) is -5.85. The lowest BCUT2D eigenvalue weighted by molar-refractivity contribution is -0.245. The van der Waals surface area contributed by atoms with Crippen molar-refractivity contribution < 1.29 is 30.3 Å². The van der Waals surface area contributed by atoms with Crippen molar-refractivity contribution in [3.8, 4) is 0 Å². The van der Waals surface area contributed by atoms with E-state index in [1.54, 1.807) is 0 Å². The second-order valence-electron chi connectivity index (χ2n) is 1.83. The fraction of sp³-hybridized carbons (Fsp3) is 1.00. The highest BCUT2D eigenvalue weighted by atomic mass is 31.2. The zero-order valence-electron chi connectivity index (χ0n) is 5.09. The lowest BCUT2D eigenvalue weighted by atomic mass is 10.7. The predicted molar refractivity (Wildman–Crippen MR) is 26.1 cm³/mol. The molecule has 0 nitrogen and oxygen atoms in total. The van der Waals surface area contributed by atoms with Crippen molar-refractivity contribution in [1.29, 1.82) is 0 Å². The van der Waals surface area contributed by atoms with Gasteiger partial charge in [0.05, 0.1) is 0 Å². The van der Waals surface area contributed by atoms with Crippen molar-refractivity contribution in [2.45, 2.75) is 11.8 Å². The summed E-state index contributed by atoms with van der Waals surface area (Å²) in [7, 11) is -6.20. The Kier molecular flexibility index (Phi) is 2.45. The van der Waals surface area contributed by atoms with Crippen molar-refractivity contribution in [1.82, 2.24) is 0 Å². The predicted octanol–water partition coefficient (Wildman–Crippen LogP) is 3.56. The molecule has 0 unspecified atom stereocenters. The lowest BCUT2D eigenvalue weighted by Crippen LogP contribution is -2.35. The normalized spacial score (nSPS) is 15.3. The van der Waals surface area contributed by atoms with Gasteiger partial charge in [0.25, 0.3) is 0 Å². The van der Waals surface area contributed by atoms with E-state index in [9.17, 15) is 30.3 Å². The molecule has 0 saturated heterocycles. The third-order valence-corrected chi connectivity index (χ3v) is 2.07. The molecule has 0 radical (unpaired) electrons. The van der Waals surface area contributed by atoms with Gasteiger partial charge in [-0.2, -0.15) is 22.0 Å². The highest BCUT2D eigenvalue weighted by Crippen LogP contribution is 2.74. The van der Waals surface area contributed by atoms with Crippen LogP contribution >= 0.6 is 7.88 Å². The summed E-state index contributed by atoms with van der Waals surface area (Å²) < 4.78 is 79.9. The Balaban J connectivity index is 4.75. The molecule has 0 aliphatic carbocycles. The summed E-state index contributed by atoms with van der Waals surface area (Å²) in [4.78, 5) is 0. The van der Waals surface area contributed by atoms with Crippen molar-refractivity contribution >= 4 is 7.88 Å². The molecule has 0 atom stereocenters. The second-order valence-corrected chi connectivity index (χ2v) is 3.98. The molecule has 0 heterocycles. The molecule has 0 amide bonds. The van der Waals surface area contributed by atoms with Gasteiger partial charge in [-0.05, 0) is 8.39 Å². The molecular formula is C3H3F7P+. The fourth-order valence-corrected chi connectivity index (χ4v) is 0.668. The zero-order chi connectivity index (χ0) is 9.50. The SMILES string of the molecule is C[P+](F)(F)C(F)(F)C(F)(F)F. The van der Waals surface area contributed by atoms with Gasteiger partial charge in [-0.25, -0.2) is 0 Å². The molecule has 0 rings (SSSR count). The van der Waals surface area contributed by atoms with Crippen LogP contribution in [0, 0.1) is 0 Å². The largest absolute Gasteiger partial charge is 0.515 e. The summed E-state index contributed by atoms with van der Waals surface area (Å²) in [6.45, 7) is -0.375. The molecule has 0 bridgehead atoms. The summed E-state index contributed by atoms with van der Waals surface area (Å²) in [5, 5.41) is 0. The van der Waals surface area contributed by atoms with Gasteiger partial charge in [0.15, 0.2) is 0 Å². The first-order chi connectivity index (χ1) is 4.50. The number of hydrogen-bond acceptors (Lipinski definition) is 0. The minimum Gasteiger partial charge on any atom is -0.161 e. The van der Waals surface area contributed by atoms with Crippen LogP contribution in [0.25, 0.3) is 0 Å². The lowest BCUT2D eigenvalue weighted by Gasteiger charge is -2.15. The zero-order valence-corrected chi connectivity index (χ0v) is 5.99. The van der Waals surface area contributed by atoms with E-state index in [4.69, 9.17) is 0 Å². The van der Waals surface area contributed by atoms with Gasteiger partial charge < -0.3 is 0 Å². The van der Waals surface area contributed by atoms with Crippen LogP contribution in [0.3, 0.4) is 0 Å². The van der Waals surface area contributed by atoms with Crippen LogP contribution in [0.2, 0.25) is 0 Å². The van der Waals surface area contributed by atoms with Gasteiger partial charge in [0.2, 0.25) is 0 Å². The molecule has 0 fully saturated rings. The maximum atomic E-state index is 11.6. The Labute approximate surface area is 58.0 Å². The molecule has 0 aromatic carbocycles. The first-order valence-corrected chi connectivity index (χ1v) is 4.22. The molecule has 11 heavy (non-hydrogen) atoms. The fourth-order valence-electron chi connectivity index (χ4n) is 0.223. The Bertz CT molecular complexity index is 125. The average Bonchev–Trinajstić information content (AvgIpc) is 1.58. The van der Waals surface area contributed by atoms with Gasteiger partial charge in [0.1, 0.15) is 6.66 Å². The van der Waals surface area contributed by atoms with Crippen molar-refractivity contribution in [2.75, 3.05) is 6.66 Å². The molecule has 0 spiro atoms. The summed E-state index contributed by atoms with van der Waals surface area (Å²) in [5.74, 6) is 0. The molecule has 0 aromatic heterocycles. The van der Waals surface area contributed by atoms with Crippen molar-refractivity contribution in [2.24, 2.45) is 0 Å². The van der Waals surface area contributed by atoms with Crippen molar-refractivity contribution in [3.63, 3.8) is 0 Å². The molecule has 8 heteroatoms. The van der Waals surface area contributed by atoms with Crippen LogP contribution in [0.5, 0.6) is 0 Å². The minimum atomic E-state index is -6.20. The van der Waals surface area contributed by atoms with Gasteiger partial charge >= 0.3 is 19.7 Å². The highest BCUT2D eigenvalue weighted by Gasteiger charge is 2.79. The molecular weight excluding hydrogens is 200 g/mol. The van der Waals surface area contributed by atoms with E-state index in [0.717, 1.165) is 0 Å². The van der Waals surface area contributed by atoms with E-state index in [1.807, 2.05) is 0 Å². The number of halogens is 7. The van der Waals surface area contributed by atoms with Crippen LogP contribution in [0.4, 0.5) is 30.3 Å². The number of alkyl halides is 5. The minimum absolute atomic E-state index is 0.375. The summed E-state index contributed by atoms with van der Waals surface area (Å²) in [6.07, 6.45) is -6.15. The first-order valence-electron chi connectivity index (χ1n) is 2.20. The van der Waals surface area contributed by atoms with E-state index in [1.165, 1.54) is 0 Å². The molecule has 68 valence electrons. The third kappa shape index (κ3) is 1.95. The quantitative estimate of drug-likeness (QED) is 0.451. The van der Waals surface area contributed by atoms with E-state index >= 15 is 0 Å². The molecule has 0 aromatic rings. The third-order valence-electron chi connectivity index (χ3n) is 0.834. The molecule has 0 aliphatic rings. The van der Waals surface area contributed by atoms with Crippen LogP contribution < -0.4 is 0 Å². The van der Waals surface area contributed by atoms with E-state index < -0.39 is 19.7 Å². The van der Waals surface area contributed by atoms with E-state index in [-0.39, 0.29) is 6.66 Å². The monoisotopic (exact) mass is 203 g/mol. The summed E-state index contributed by atoms with van der Waals surface area (Å²) >= 11 is 0. The second kappa shape index (κ2) is 2.47. The van der Waals surface area contributed by atoms with Crippen molar-refractivity contribution in [3.05, 3.63) is 0 Å². The van der Waals surface area contributed by atoms with Crippen LogP contribution in [-0.4, -0.2) is 18.5 Å². The Hall–Kier alpha value is -0.0600. The smallest absolute Gasteiger partial charge is 0.161 e. The first kappa shape index (κ1) is 10.9.